The van der Waals surface area contributed by atoms with E-state index in [9.17, 15) is 0 Å². The van der Waals surface area contributed by atoms with Crippen molar-refractivity contribution in [3.05, 3.63) is 18.0 Å². The number of nitrogens with zero attached hydrogens (tertiary/aromatic N) is 2. The van der Waals surface area contributed by atoms with E-state index < -0.39 is 0 Å². The lowest BCUT2D eigenvalue weighted by Gasteiger charge is -2.19. The topological polar surface area (TPSA) is 29.9 Å². The number of rotatable bonds is 8. The van der Waals surface area contributed by atoms with Crippen LogP contribution in [0.15, 0.2) is 12.3 Å². The van der Waals surface area contributed by atoms with E-state index in [1.54, 1.807) is 0 Å². The third-order valence-electron chi connectivity index (χ3n) is 3.06. The molecule has 1 rings (SSSR count). The third kappa shape index (κ3) is 6.20. The highest BCUT2D eigenvalue weighted by atomic mass is 15.2. The number of nitrogens with one attached hydrogen (secondary N) is 1. The summed E-state index contributed by atoms with van der Waals surface area (Å²) in [4.78, 5) is 0. The lowest BCUT2D eigenvalue weighted by Crippen LogP contribution is -2.28. The van der Waals surface area contributed by atoms with Crippen molar-refractivity contribution in [2.45, 2.75) is 40.5 Å². The van der Waals surface area contributed by atoms with E-state index in [1.807, 2.05) is 17.9 Å². The van der Waals surface area contributed by atoms with Crippen LogP contribution in [0.2, 0.25) is 0 Å². The van der Waals surface area contributed by atoms with E-state index >= 15 is 0 Å². The summed E-state index contributed by atoms with van der Waals surface area (Å²) in [5, 5.41) is 8.07. The first kappa shape index (κ1) is 15.2. The van der Waals surface area contributed by atoms with E-state index in [-0.39, 0.29) is 0 Å². The van der Waals surface area contributed by atoms with Gasteiger partial charge in [-0.3, -0.25) is 4.68 Å². The average Bonchev–Trinajstić information content (AvgIpc) is 2.62. The molecule has 0 bridgehead atoms. The first-order valence-corrected chi connectivity index (χ1v) is 7.16. The fourth-order valence-corrected chi connectivity index (χ4v) is 2.35. The first-order chi connectivity index (χ1) is 8.47. The molecule has 1 aromatic rings. The van der Waals surface area contributed by atoms with Gasteiger partial charge < -0.3 is 5.32 Å². The maximum atomic E-state index is 4.49. The van der Waals surface area contributed by atoms with Crippen molar-refractivity contribution in [3.8, 4) is 0 Å². The van der Waals surface area contributed by atoms with Gasteiger partial charge in [0, 0.05) is 13.2 Å². The molecular weight excluding hydrogens is 222 g/mol. The van der Waals surface area contributed by atoms with Gasteiger partial charge in [-0.05, 0) is 49.8 Å². The van der Waals surface area contributed by atoms with Crippen LogP contribution in [-0.2, 0) is 13.5 Å². The smallest absolute Gasteiger partial charge is 0.0627 e. The normalized spacial score (nSPS) is 13.5. The fourth-order valence-electron chi connectivity index (χ4n) is 2.35. The first-order valence-electron chi connectivity index (χ1n) is 7.16. The number of aryl methyl sites for hydroxylation is 1. The van der Waals surface area contributed by atoms with Crippen LogP contribution < -0.4 is 5.32 Å². The molecule has 0 saturated carbocycles. The molecule has 0 saturated heterocycles. The van der Waals surface area contributed by atoms with Gasteiger partial charge in [0.2, 0.25) is 0 Å². The van der Waals surface area contributed by atoms with Crippen LogP contribution in [0.3, 0.4) is 0 Å². The van der Waals surface area contributed by atoms with E-state index in [1.165, 1.54) is 12.1 Å². The highest BCUT2D eigenvalue weighted by Gasteiger charge is 2.13. The molecule has 0 spiro atoms. The molecule has 0 aliphatic carbocycles. The standard InChI is InChI=1S/C15H29N3/c1-12(2)8-14(11-16-10-13(3)4)9-15-6-7-18(5)17-15/h6-7,12-14,16H,8-11H2,1-5H3. The summed E-state index contributed by atoms with van der Waals surface area (Å²) in [6, 6.07) is 2.13. The molecule has 1 N–H and O–H groups in total. The van der Waals surface area contributed by atoms with E-state index in [0.717, 1.165) is 31.3 Å². The van der Waals surface area contributed by atoms with Crippen LogP contribution in [0.1, 0.15) is 39.8 Å². The third-order valence-corrected chi connectivity index (χ3v) is 3.06. The highest BCUT2D eigenvalue weighted by Crippen LogP contribution is 2.16. The van der Waals surface area contributed by atoms with Crippen molar-refractivity contribution in [2.75, 3.05) is 13.1 Å². The lowest BCUT2D eigenvalue weighted by molar-refractivity contribution is 0.373. The molecule has 1 unspecified atom stereocenters. The highest BCUT2D eigenvalue weighted by molar-refractivity contribution is 5.00. The minimum atomic E-state index is 0.693. The maximum absolute atomic E-state index is 4.49. The van der Waals surface area contributed by atoms with Crippen LogP contribution in [0.5, 0.6) is 0 Å². The number of hydrogen-bond donors (Lipinski definition) is 1. The molecule has 104 valence electrons. The largest absolute Gasteiger partial charge is 0.316 e. The summed E-state index contributed by atoms with van der Waals surface area (Å²) >= 11 is 0. The van der Waals surface area contributed by atoms with Gasteiger partial charge in [-0.2, -0.15) is 5.10 Å². The van der Waals surface area contributed by atoms with Crippen molar-refractivity contribution in [1.29, 1.82) is 0 Å². The maximum Gasteiger partial charge on any atom is 0.0627 e. The monoisotopic (exact) mass is 251 g/mol. The van der Waals surface area contributed by atoms with Gasteiger partial charge in [-0.1, -0.05) is 27.7 Å². The summed E-state index contributed by atoms with van der Waals surface area (Å²) in [5.41, 5.74) is 1.22. The zero-order valence-corrected chi connectivity index (χ0v) is 12.6. The molecule has 3 nitrogen and oxygen atoms in total. The molecule has 0 radical (unpaired) electrons. The molecule has 1 heterocycles. The molecular formula is C15H29N3. The Bertz CT molecular complexity index is 328. The van der Waals surface area contributed by atoms with Crippen molar-refractivity contribution < 1.29 is 0 Å². The average molecular weight is 251 g/mol. The Morgan fingerprint density at radius 3 is 2.39 bits per heavy atom. The second-order valence-electron chi connectivity index (χ2n) is 6.23. The SMILES string of the molecule is CC(C)CNCC(Cc1ccn(C)n1)CC(C)C. The molecule has 0 amide bonds. The van der Waals surface area contributed by atoms with Crippen LogP contribution in [0.25, 0.3) is 0 Å². The number of aromatic nitrogens is 2. The zero-order valence-electron chi connectivity index (χ0n) is 12.6. The van der Waals surface area contributed by atoms with Crippen LogP contribution in [-0.4, -0.2) is 22.9 Å². The molecule has 3 heteroatoms. The van der Waals surface area contributed by atoms with Gasteiger partial charge in [-0.25, -0.2) is 0 Å². The summed E-state index contributed by atoms with van der Waals surface area (Å²) in [5.74, 6) is 2.16. The van der Waals surface area contributed by atoms with Gasteiger partial charge in [0.1, 0.15) is 0 Å². The second-order valence-corrected chi connectivity index (χ2v) is 6.23. The Balaban J connectivity index is 2.44. The van der Waals surface area contributed by atoms with Crippen LogP contribution >= 0.6 is 0 Å². The van der Waals surface area contributed by atoms with Gasteiger partial charge in [-0.15, -0.1) is 0 Å². The van der Waals surface area contributed by atoms with Crippen molar-refractivity contribution in [3.63, 3.8) is 0 Å². The second kappa shape index (κ2) is 7.57. The van der Waals surface area contributed by atoms with E-state index in [4.69, 9.17) is 0 Å². The lowest BCUT2D eigenvalue weighted by atomic mass is 9.92. The van der Waals surface area contributed by atoms with Gasteiger partial charge in [0.05, 0.1) is 5.69 Å². The minimum absolute atomic E-state index is 0.693. The molecule has 1 aromatic heterocycles. The molecule has 0 fully saturated rings. The number of hydrogen-bond acceptors (Lipinski definition) is 2. The fraction of sp³-hybridized carbons (Fsp3) is 0.800. The Kier molecular flexibility index (Phi) is 6.41. The van der Waals surface area contributed by atoms with Crippen molar-refractivity contribution >= 4 is 0 Å². The summed E-state index contributed by atoms with van der Waals surface area (Å²) in [6.45, 7) is 11.3. The molecule has 0 aliphatic heterocycles. The Morgan fingerprint density at radius 2 is 1.89 bits per heavy atom. The molecule has 1 atom stereocenters. The Hall–Kier alpha value is -0.830. The van der Waals surface area contributed by atoms with E-state index in [2.05, 4.69) is 44.2 Å². The van der Waals surface area contributed by atoms with E-state index in [0.29, 0.717) is 5.92 Å². The summed E-state index contributed by atoms with van der Waals surface area (Å²) in [6.07, 6.45) is 4.38. The molecule has 0 aliphatic rings. The van der Waals surface area contributed by atoms with Crippen LogP contribution in [0, 0.1) is 17.8 Å². The van der Waals surface area contributed by atoms with Crippen molar-refractivity contribution in [1.82, 2.24) is 15.1 Å². The minimum Gasteiger partial charge on any atom is -0.316 e. The predicted molar refractivity (Wildman–Crippen MR) is 77.6 cm³/mol. The van der Waals surface area contributed by atoms with Gasteiger partial charge in [0.15, 0.2) is 0 Å². The Labute approximate surface area is 112 Å². The molecule has 18 heavy (non-hydrogen) atoms. The Morgan fingerprint density at radius 1 is 1.17 bits per heavy atom. The quantitative estimate of drug-likeness (QED) is 0.770. The van der Waals surface area contributed by atoms with Crippen LogP contribution in [0.4, 0.5) is 0 Å². The van der Waals surface area contributed by atoms with Crippen molar-refractivity contribution in [2.24, 2.45) is 24.8 Å². The molecule has 0 aromatic carbocycles. The summed E-state index contributed by atoms with van der Waals surface area (Å²) in [7, 11) is 1.98. The zero-order chi connectivity index (χ0) is 13.5. The predicted octanol–water partition coefficient (Wildman–Crippen LogP) is 2.87. The van der Waals surface area contributed by atoms with Gasteiger partial charge >= 0.3 is 0 Å². The van der Waals surface area contributed by atoms with Gasteiger partial charge in [0.25, 0.3) is 0 Å². The summed E-state index contributed by atoms with van der Waals surface area (Å²) < 4.78 is 1.89.